The quantitative estimate of drug-likeness (QED) is 0.793. The minimum absolute atomic E-state index is 0.119. The minimum atomic E-state index is -0.653. The molecule has 0 atom stereocenters. The second-order valence-corrected chi connectivity index (χ2v) is 5.17. The van der Waals surface area contributed by atoms with Crippen molar-refractivity contribution in [1.82, 2.24) is 9.97 Å². The fraction of sp³-hybridized carbons (Fsp3) is 0. The number of hydrogen-bond acceptors (Lipinski definition) is 4. The standard InChI is InChI=1S/C17H12ClN3O2/c18-13-9-15(16(19)22)17(21-10-13)23-14-3-1-2-12(8-14)11-4-6-20-7-5-11/h1-10H,(H2,19,22). The number of nitrogens with zero attached hydrogens (tertiary/aromatic N) is 2. The van der Waals surface area contributed by atoms with Crippen LogP contribution in [0, 0.1) is 0 Å². The van der Waals surface area contributed by atoms with Gasteiger partial charge in [-0.2, -0.15) is 0 Å². The Bertz CT molecular complexity index is 853. The topological polar surface area (TPSA) is 78.1 Å². The third-order valence-corrected chi connectivity index (χ3v) is 3.35. The van der Waals surface area contributed by atoms with Crippen LogP contribution in [0.4, 0.5) is 0 Å². The number of hydrogen-bond donors (Lipinski definition) is 1. The largest absolute Gasteiger partial charge is 0.438 e. The molecule has 1 amide bonds. The maximum atomic E-state index is 11.5. The molecule has 0 saturated heterocycles. The van der Waals surface area contributed by atoms with Crippen molar-refractivity contribution < 1.29 is 9.53 Å². The fourth-order valence-corrected chi connectivity index (χ4v) is 2.24. The number of carbonyl (C=O) groups excluding carboxylic acids is 1. The van der Waals surface area contributed by atoms with Crippen LogP contribution < -0.4 is 10.5 Å². The van der Waals surface area contributed by atoms with Crippen LogP contribution in [0.15, 0.2) is 61.1 Å². The molecule has 6 heteroatoms. The van der Waals surface area contributed by atoms with Crippen molar-refractivity contribution >= 4 is 17.5 Å². The molecule has 114 valence electrons. The zero-order valence-electron chi connectivity index (χ0n) is 11.9. The van der Waals surface area contributed by atoms with E-state index < -0.39 is 5.91 Å². The number of nitrogens with two attached hydrogens (primary N) is 1. The Morgan fingerprint density at radius 3 is 2.61 bits per heavy atom. The summed E-state index contributed by atoms with van der Waals surface area (Å²) in [5, 5.41) is 0.316. The monoisotopic (exact) mass is 325 g/mol. The Kier molecular flexibility index (Phi) is 4.21. The zero-order chi connectivity index (χ0) is 16.2. The maximum absolute atomic E-state index is 11.5. The van der Waals surface area contributed by atoms with Gasteiger partial charge in [-0.25, -0.2) is 4.98 Å². The molecule has 0 saturated carbocycles. The van der Waals surface area contributed by atoms with Crippen molar-refractivity contribution in [3.8, 4) is 22.8 Å². The molecule has 3 aromatic rings. The summed E-state index contributed by atoms with van der Waals surface area (Å²) >= 11 is 5.84. The summed E-state index contributed by atoms with van der Waals surface area (Å²) in [4.78, 5) is 19.5. The van der Waals surface area contributed by atoms with E-state index in [1.165, 1.54) is 12.3 Å². The van der Waals surface area contributed by atoms with Crippen molar-refractivity contribution in [2.75, 3.05) is 0 Å². The van der Waals surface area contributed by atoms with Crippen LogP contribution in [-0.2, 0) is 0 Å². The molecule has 3 rings (SSSR count). The first kappa shape index (κ1) is 15.0. The molecule has 0 aliphatic rings. The number of halogens is 1. The van der Waals surface area contributed by atoms with Crippen LogP contribution in [0.2, 0.25) is 5.02 Å². The normalized spacial score (nSPS) is 10.3. The van der Waals surface area contributed by atoms with Gasteiger partial charge in [0.15, 0.2) is 0 Å². The number of amides is 1. The Balaban J connectivity index is 1.94. The fourth-order valence-electron chi connectivity index (χ4n) is 2.08. The average Bonchev–Trinajstić information content (AvgIpc) is 2.57. The van der Waals surface area contributed by atoms with E-state index in [0.717, 1.165) is 11.1 Å². The van der Waals surface area contributed by atoms with E-state index in [-0.39, 0.29) is 11.4 Å². The van der Waals surface area contributed by atoms with Crippen LogP contribution in [0.25, 0.3) is 11.1 Å². The lowest BCUT2D eigenvalue weighted by Crippen LogP contribution is -2.13. The maximum Gasteiger partial charge on any atom is 0.254 e. The molecular formula is C17H12ClN3O2. The molecular weight excluding hydrogens is 314 g/mol. The van der Waals surface area contributed by atoms with Gasteiger partial charge in [0, 0.05) is 18.6 Å². The van der Waals surface area contributed by atoms with Crippen LogP contribution in [0.1, 0.15) is 10.4 Å². The Morgan fingerprint density at radius 2 is 1.87 bits per heavy atom. The van der Waals surface area contributed by atoms with Crippen molar-refractivity contribution in [1.29, 1.82) is 0 Å². The van der Waals surface area contributed by atoms with Gasteiger partial charge < -0.3 is 10.5 Å². The number of carbonyl (C=O) groups is 1. The van der Waals surface area contributed by atoms with Gasteiger partial charge in [0.2, 0.25) is 5.88 Å². The molecule has 0 aliphatic carbocycles. The van der Waals surface area contributed by atoms with Gasteiger partial charge in [-0.15, -0.1) is 0 Å². The molecule has 0 radical (unpaired) electrons. The molecule has 0 aliphatic heterocycles. The highest BCUT2D eigenvalue weighted by atomic mass is 35.5. The van der Waals surface area contributed by atoms with E-state index >= 15 is 0 Å². The van der Waals surface area contributed by atoms with Crippen molar-refractivity contribution in [2.24, 2.45) is 5.73 Å². The molecule has 0 bridgehead atoms. The average molecular weight is 326 g/mol. The van der Waals surface area contributed by atoms with Crippen LogP contribution in [0.3, 0.4) is 0 Å². The van der Waals surface area contributed by atoms with E-state index in [4.69, 9.17) is 22.1 Å². The molecule has 23 heavy (non-hydrogen) atoms. The lowest BCUT2D eigenvalue weighted by atomic mass is 10.1. The van der Waals surface area contributed by atoms with Crippen molar-refractivity contribution in [3.05, 3.63) is 71.6 Å². The zero-order valence-corrected chi connectivity index (χ0v) is 12.7. The summed E-state index contributed by atoms with van der Waals surface area (Å²) in [6, 6.07) is 12.6. The number of primary amides is 1. The smallest absolute Gasteiger partial charge is 0.254 e. The number of pyridine rings is 2. The summed E-state index contributed by atoms with van der Waals surface area (Å²) < 4.78 is 5.70. The predicted molar refractivity (Wildman–Crippen MR) is 87.5 cm³/mol. The summed E-state index contributed by atoms with van der Waals surface area (Å²) in [7, 11) is 0. The summed E-state index contributed by atoms with van der Waals surface area (Å²) in [6.45, 7) is 0. The molecule has 0 fully saturated rings. The van der Waals surface area contributed by atoms with Gasteiger partial charge in [0.1, 0.15) is 11.3 Å². The number of rotatable bonds is 4. The Morgan fingerprint density at radius 1 is 1.09 bits per heavy atom. The van der Waals surface area contributed by atoms with Crippen molar-refractivity contribution in [2.45, 2.75) is 0 Å². The summed E-state index contributed by atoms with van der Waals surface area (Å²) in [5.74, 6) is 0.00528. The second-order valence-electron chi connectivity index (χ2n) is 4.74. The first-order chi connectivity index (χ1) is 11.1. The van der Waals surface area contributed by atoms with Gasteiger partial charge >= 0.3 is 0 Å². The Hall–Kier alpha value is -2.92. The molecule has 5 nitrogen and oxygen atoms in total. The second kappa shape index (κ2) is 6.46. The lowest BCUT2D eigenvalue weighted by Gasteiger charge is -2.09. The number of ether oxygens (including phenoxy) is 1. The number of benzene rings is 1. The molecule has 1 aromatic carbocycles. The first-order valence-electron chi connectivity index (χ1n) is 6.77. The third-order valence-electron chi connectivity index (χ3n) is 3.15. The van der Waals surface area contributed by atoms with Gasteiger partial charge in [-0.3, -0.25) is 9.78 Å². The highest BCUT2D eigenvalue weighted by Gasteiger charge is 2.13. The summed E-state index contributed by atoms with van der Waals surface area (Å²) in [5.41, 5.74) is 7.43. The van der Waals surface area contributed by atoms with Gasteiger partial charge in [0.25, 0.3) is 5.91 Å². The number of aromatic nitrogens is 2. The van der Waals surface area contributed by atoms with E-state index in [0.29, 0.717) is 10.8 Å². The molecule has 2 N–H and O–H groups in total. The van der Waals surface area contributed by atoms with Crippen molar-refractivity contribution in [3.63, 3.8) is 0 Å². The van der Waals surface area contributed by atoms with E-state index in [2.05, 4.69) is 9.97 Å². The van der Waals surface area contributed by atoms with Crippen LogP contribution >= 0.6 is 11.6 Å². The molecule has 0 unspecified atom stereocenters. The lowest BCUT2D eigenvalue weighted by molar-refractivity contribution is 0.0997. The van der Waals surface area contributed by atoms with E-state index in [1.807, 2.05) is 30.3 Å². The van der Waals surface area contributed by atoms with Crippen LogP contribution in [0.5, 0.6) is 11.6 Å². The van der Waals surface area contributed by atoms with Crippen LogP contribution in [-0.4, -0.2) is 15.9 Å². The van der Waals surface area contributed by atoms with Gasteiger partial charge in [-0.1, -0.05) is 23.7 Å². The SMILES string of the molecule is NC(=O)c1cc(Cl)cnc1Oc1cccc(-c2ccncc2)c1. The molecule has 2 heterocycles. The van der Waals surface area contributed by atoms with Gasteiger partial charge in [0.05, 0.1) is 5.02 Å². The highest BCUT2D eigenvalue weighted by molar-refractivity contribution is 6.30. The highest BCUT2D eigenvalue weighted by Crippen LogP contribution is 2.28. The first-order valence-corrected chi connectivity index (χ1v) is 7.15. The van der Waals surface area contributed by atoms with E-state index in [9.17, 15) is 4.79 Å². The predicted octanol–water partition coefficient (Wildman–Crippen LogP) is 3.69. The molecule has 0 spiro atoms. The summed E-state index contributed by atoms with van der Waals surface area (Å²) in [6.07, 6.45) is 4.83. The third kappa shape index (κ3) is 3.46. The van der Waals surface area contributed by atoms with E-state index in [1.54, 1.807) is 18.5 Å². The minimum Gasteiger partial charge on any atom is -0.438 e. The van der Waals surface area contributed by atoms with Gasteiger partial charge in [-0.05, 0) is 41.5 Å². The Labute approximate surface area is 137 Å². The molecule has 2 aromatic heterocycles.